The van der Waals surface area contributed by atoms with Gasteiger partial charge < -0.3 is 10.1 Å². The molecule has 150 valence electrons. The van der Waals surface area contributed by atoms with Gasteiger partial charge >= 0.3 is 0 Å². The standard InChI is InChI=1S/C25H22N2O3/c1-3-30-21-15-11-18(12-16-21)22-23(26-19-13-9-17(2)10-14-19)25(29)27(24(22)28)20-7-5-4-6-8-20/h4-16,26H,3H2,1-2H3. The summed E-state index contributed by atoms with van der Waals surface area (Å²) in [6, 6.07) is 23.9. The Balaban J connectivity index is 1.78. The smallest absolute Gasteiger partial charge is 0.282 e. The first-order chi connectivity index (χ1) is 14.6. The molecule has 0 unspecified atom stereocenters. The number of ether oxygens (including phenoxy) is 1. The Morgan fingerprint density at radius 3 is 2.13 bits per heavy atom. The number of imide groups is 1. The zero-order valence-corrected chi connectivity index (χ0v) is 16.9. The molecule has 3 aromatic rings. The summed E-state index contributed by atoms with van der Waals surface area (Å²) < 4.78 is 5.50. The van der Waals surface area contributed by atoms with Gasteiger partial charge in [-0.3, -0.25) is 9.59 Å². The Labute approximate surface area is 175 Å². The molecule has 4 rings (SSSR count). The molecular weight excluding hydrogens is 376 g/mol. The first-order valence-electron chi connectivity index (χ1n) is 9.83. The second-order valence-electron chi connectivity index (χ2n) is 6.98. The van der Waals surface area contributed by atoms with Gasteiger partial charge in [-0.25, -0.2) is 4.90 Å². The molecular formula is C25H22N2O3. The van der Waals surface area contributed by atoms with E-state index in [0.29, 0.717) is 29.2 Å². The highest BCUT2D eigenvalue weighted by atomic mass is 16.5. The van der Waals surface area contributed by atoms with Crippen LogP contribution >= 0.6 is 0 Å². The number of benzene rings is 3. The molecule has 0 spiro atoms. The van der Waals surface area contributed by atoms with Gasteiger partial charge in [-0.15, -0.1) is 0 Å². The van der Waals surface area contributed by atoms with E-state index in [9.17, 15) is 9.59 Å². The number of carbonyl (C=O) groups is 2. The van der Waals surface area contributed by atoms with Crippen LogP contribution in [-0.4, -0.2) is 18.4 Å². The van der Waals surface area contributed by atoms with Crippen LogP contribution in [0.2, 0.25) is 0 Å². The van der Waals surface area contributed by atoms with E-state index >= 15 is 0 Å². The van der Waals surface area contributed by atoms with Crippen LogP contribution in [0.15, 0.2) is 84.6 Å². The molecule has 0 saturated carbocycles. The molecule has 30 heavy (non-hydrogen) atoms. The van der Waals surface area contributed by atoms with Crippen molar-refractivity contribution in [3.63, 3.8) is 0 Å². The Morgan fingerprint density at radius 2 is 1.50 bits per heavy atom. The normalized spacial score (nSPS) is 13.7. The van der Waals surface area contributed by atoms with E-state index < -0.39 is 0 Å². The van der Waals surface area contributed by atoms with Crippen molar-refractivity contribution in [2.75, 3.05) is 16.8 Å². The van der Waals surface area contributed by atoms with Gasteiger partial charge in [0.05, 0.1) is 17.9 Å². The number of carbonyl (C=O) groups excluding carboxylic acids is 2. The Morgan fingerprint density at radius 1 is 0.833 bits per heavy atom. The third kappa shape index (κ3) is 3.70. The lowest BCUT2D eigenvalue weighted by atomic mass is 10.0. The Kier molecular flexibility index (Phi) is 5.35. The SMILES string of the molecule is CCOc1ccc(C2=C(Nc3ccc(C)cc3)C(=O)N(c3ccccc3)C2=O)cc1. The number of amides is 2. The summed E-state index contributed by atoms with van der Waals surface area (Å²) in [6.45, 7) is 4.47. The van der Waals surface area contributed by atoms with Crippen LogP contribution in [0.5, 0.6) is 5.75 Å². The molecule has 5 heteroatoms. The van der Waals surface area contributed by atoms with Gasteiger partial charge in [0.1, 0.15) is 11.4 Å². The lowest BCUT2D eigenvalue weighted by Gasteiger charge is -2.15. The summed E-state index contributed by atoms with van der Waals surface area (Å²) in [5.41, 5.74) is 3.65. The zero-order chi connectivity index (χ0) is 21.1. The highest BCUT2D eigenvalue weighted by Crippen LogP contribution is 2.34. The van der Waals surface area contributed by atoms with E-state index in [1.807, 2.05) is 44.2 Å². The maximum absolute atomic E-state index is 13.4. The lowest BCUT2D eigenvalue weighted by Crippen LogP contribution is -2.32. The van der Waals surface area contributed by atoms with Crippen molar-refractivity contribution in [2.45, 2.75) is 13.8 Å². The number of hydrogen-bond acceptors (Lipinski definition) is 4. The number of rotatable bonds is 6. The second kappa shape index (κ2) is 8.25. The summed E-state index contributed by atoms with van der Waals surface area (Å²) in [7, 11) is 0. The van der Waals surface area contributed by atoms with E-state index in [0.717, 1.165) is 11.3 Å². The second-order valence-corrected chi connectivity index (χ2v) is 6.98. The molecule has 1 heterocycles. The average molecular weight is 398 g/mol. The summed E-state index contributed by atoms with van der Waals surface area (Å²) in [4.78, 5) is 27.9. The van der Waals surface area contributed by atoms with E-state index in [2.05, 4.69) is 5.32 Å². The lowest BCUT2D eigenvalue weighted by molar-refractivity contribution is -0.120. The van der Waals surface area contributed by atoms with E-state index in [4.69, 9.17) is 4.74 Å². The molecule has 0 fully saturated rings. The first kappa shape index (κ1) is 19.5. The van der Waals surface area contributed by atoms with Crippen LogP contribution in [0.4, 0.5) is 11.4 Å². The molecule has 3 aromatic carbocycles. The van der Waals surface area contributed by atoms with Gasteiger partial charge in [0.15, 0.2) is 0 Å². The molecule has 0 radical (unpaired) electrons. The molecule has 1 N–H and O–H groups in total. The average Bonchev–Trinajstić information content (AvgIpc) is 3.01. The topological polar surface area (TPSA) is 58.6 Å². The molecule has 0 saturated heterocycles. The molecule has 0 aromatic heterocycles. The molecule has 1 aliphatic rings. The fourth-order valence-electron chi connectivity index (χ4n) is 3.39. The number of aryl methyl sites for hydroxylation is 1. The van der Waals surface area contributed by atoms with E-state index in [1.54, 1.807) is 48.5 Å². The van der Waals surface area contributed by atoms with Crippen molar-refractivity contribution in [1.29, 1.82) is 0 Å². The number of hydrogen-bond donors (Lipinski definition) is 1. The molecule has 2 amide bonds. The third-order valence-electron chi connectivity index (χ3n) is 4.87. The fourth-order valence-corrected chi connectivity index (χ4v) is 3.39. The number of nitrogens with one attached hydrogen (secondary N) is 1. The largest absolute Gasteiger partial charge is 0.494 e. The van der Waals surface area contributed by atoms with Crippen molar-refractivity contribution >= 4 is 28.8 Å². The van der Waals surface area contributed by atoms with Gasteiger partial charge in [-0.2, -0.15) is 0 Å². The predicted molar refractivity (Wildman–Crippen MR) is 118 cm³/mol. The summed E-state index contributed by atoms with van der Waals surface area (Å²) >= 11 is 0. The van der Waals surface area contributed by atoms with Gasteiger partial charge in [-0.1, -0.05) is 48.0 Å². The fraction of sp³-hybridized carbons (Fsp3) is 0.120. The maximum atomic E-state index is 13.4. The van der Waals surface area contributed by atoms with Gasteiger partial charge in [0.25, 0.3) is 11.8 Å². The van der Waals surface area contributed by atoms with Crippen LogP contribution in [0, 0.1) is 6.92 Å². The number of anilines is 2. The first-order valence-corrected chi connectivity index (χ1v) is 9.83. The predicted octanol–water partition coefficient (Wildman–Crippen LogP) is 4.79. The van der Waals surface area contributed by atoms with E-state index in [-0.39, 0.29) is 17.5 Å². The van der Waals surface area contributed by atoms with Crippen molar-refractivity contribution in [2.24, 2.45) is 0 Å². The Bertz CT molecular complexity index is 1100. The molecule has 5 nitrogen and oxygen atoms in total. The van der Waals surface area contributed by atoms with Crippen molar-refractivity contribution in [3.05, 3.63) is 95.7 Å². The highest BCUT2D eigenvalue weighted by Gasteiger charge is 2.40. The number of para-hydroxylation sites is 1. The van der Waals surface area contributed by atoms with Crippen LogP contribution in [-0.2, 0) is 9.59 Å². The summed E-state index contributed by atoms with van der Waals surface area (Å²) in [5.74, 6) is -0.0211. The quantitative estimate of drug-likeness (QED) is 0.607. The Hall–Kier alpha value is -3.86. The van der Waals surface area contributed by atoms with Crippen LogP contribution < -0.4 is 15.0 Å². The molecule has 0 bridgehead atoms. The van der Waals surface area contributed by atoms with Crippen molar-refractivity contribution in [3.8, 4) is 5.75 Å². The highest BCUT2D eigenvalue weighted by molar-refractivity contribution is 6.46. The van der Waals surface area contributed by atoms with Crippen LogP contribution in [0.25, 0.3) is 5.57 Å². The minimum Gasteiger partial charge on any atom is -0.494 e. The number of nitrogens with zero attached hydrogens (tertiary/aromatic N) is 1. The molecule has 0 aliphatic carbocycles. The van der Waals surface area contributed by atoms with Gasteiger partial charge in [0.2, 0.25) is 0 Å². The van der Waals surface area contributed by atoms with E-state index in [1.165, 1.54) is 4.90 Å². The van der Waals surface area contributed by atoms with Gasteiger partial charge in [0, 0.05) is 5.69 Å². The third-order valence-corrected chi connectivity index (χ3v) is 4.87. The minimum absolute atomic E-state index is 0.261. The molecule has 0 atom stereocenters. The van der Waals surface area contributed by atoms with Crippen LogP contribution in [0.1, 0.15) is 18.1 Å². The monoisotopic (exact) mass is 398 g/mol. The van der Waals surface area contributed by atoms with Crippen molar-refractivity contribution < 1.29 is 14.3 Å². The van der Waals surface area contributed by atoms with Crippen molar-refractivity contribution in [1.82, 2.24) is 0 Å². The minimum atomic E-state index is -0.379. The summed E-state index contributed by atoms with van der Waals surface area (Å²) in [5, 5.41) is 3.17. The van der Waals surface area contributed by atoms with Gasteiger partial charge in [-0.05, 0) is 55.8 Å². The summed E-state index contributed by atoms with van der Waals surface area (Å²) in [6.07, 6.45) is 0. The zero-order valence-electron chi connectivity index (χ0n) is 16.9. The van der Waals surface area contributed by atoms with Crippen LogP contribution in [0.3, 0.4) is 0 Å². The maximum Gasteiger partial charge on any atom is 0.282 e. The molecule has 1 aliphatic heterocycles.